The highest BCUT2D eigenvalue weighted by atomic mass is 35.5. The number of carbonyl (C=O) groups is 1. The van der Waals surface area contributed by atoms with Crippen LogP contribution in [0.15, 0.2) is 0 Å². The average molecular weight is 287 g/mol. The number of amides is 1. The van der Waals surface area contributed by atoms with E-state index in [1.807, 2.05) is 0 Å². The summed E-state index contributed by atoms with van der Waals surface area (Å²) < 4.78 is 0. The van der Waals surface area contributed by atoms with Crippen molar-refractivity contribution in [2.24, 2.45) is 29.4 Å². The predicted octanol–water partition coefficient (Wildman–Crippen LogP) is 2.48. The van der Waals surface area contributed by atoms with Crippen molar-refractivity contribution in [3.8, 4) is 0 Å². The van der Waals surface area contributed by atoms with Crippen LogP contribution in [0.4, 0.5) is 0 Å². The van der Waals surface area contributed by atoms with E-state index in [1.165, 1.54) is 32.1 Å². The van der Waals surface area contributed by atoms with Crippen LogP contribution in [0.25, 0.3) is 0 Å². The smallest absolute Gasteiger partial charge is 0.237 e. The Kier molecular flexibility index (Phi) is 4.78. The molecule has 4 rings (SSSR count). The fourth-order valence-electron chi connectivity index (χ4n) is 4.87. The topological polar surface area (TPSA) is 55.1 Å². The Morgan fingerprint density at radius 3 is 2.16 bits per heavy atom. The summed E-state index contributed by atoms with van der Waals surface area (Å²) in [6, 6.07) is 0.139. The monoisotopic (exact) mass is 286 g/mol. The van der Waals surface area contributed by atoms with Crippen LogP contribution in [0.1, 0.15) is 51.9 Å². The van der Waals surface area contributed by atoms with E-state index in [-0.39, 0.29) is 24.4 Å². The fourth-order valence-corrected chi connectivity index (χ4v) is 4.87. The van der Waals surface area contributed by atoms with Crippen molar-refractivity contribution in [3.63, 3.8) is 0 Å². The van der Waals surface area contributed by atoms with Gasteiger partial charge in [-0.1, -0.05) is 13.3 Å². The molecule has 4 saturated carbocycles. The summed E-state index contributed by atoms with van der Waals surface area (Å²) in [6.45, 7) is 2.08. The number of halogens is 1. The van der Waals surface area contributed by atoms with Gasteiger partial charge in [0.2, 0.25) is 5.91 Å². The highest BCUT2D eigenvalue weighted by Crippen LogP contribution is 2.53. The summed E-state index contributed by atoms with van der Waals surface area (Å²) >= 11 is 0. The molecule has 4 fully saturated rings. The lowest BCUT2D eigenvalue weighted by Crippen LogP contribution is -2.58. The van der Waals surface area contributed by atoms with Crippen LogP contribution >= 0.6 is 12.4 Å². The first kappa shape index (κ1) is 15.1. The van der Waals surface area contributed by atoms with Gasteiger partial charge in [-0.15, -0.1) is 12.4 Å². The van der Waals surface area contributed by atoms with Gasteiger partial charge in [0.25, 0.3) is 0 Å². The third kappa shape index (κ3) is 2.92. The van der Waals surface area contributed by atoms with Crippen molar-refractivity contribution in [1.29, 1.82) is 0 Å². The first-order valence-electron chi connectivity index (χ1n) is 7.73. The molecular weight excluding hydrogens is 260 g/mol. The lowest BCUT2D eigenvalue weighted by atomic mass is 9.54. The number of nitrogens with two attached hydrogens (primary N) is 1. The fraction of sp³-hybridized carbons (Fsp3) is 0.933. The quantitative estimate of drug-likeness (QED) is 0.834. The van der Waals surface area contributed by atoms with Crippen LogP contribution in [-0.4, -0.2) is 18.0 Å². The summed E-state index contributed by atoms with van der Waals surface area (Å²) in [6.07, 6.45) is 8.64. The van der Waals surface area contributed by atoms with Gasteiger partial charge in [0.15, 0.2) is 0 Å². The Bertz CT molecular complexity index is 306. The molecule has 110 valence electrons. The summed E-state index contributed by atoms with van der Waals surface area (Å²) in [4.78, 5) is 12.1. The Balaban J connectivity index is 0.00000133. The van der Waals surface area contributed by atoms with Crippen molar-refractivity contribution < 1.29 is 4.79 Å². The standard InChI is InChI=1S/C15H26N2O.ClH/c1-2-3-13(16)15(18)17-14-11-5-9-4-10(7-11)8-12(14)6-9;/h9-14H,2-8,16H2,1H3,(H,17,18);1H. The van der Waals surface area contributed by atoms with Gasteiger partial charge in [-0.25, -0.2) is 0 Å². The molecule has 0 spiro atoms. The van der Waals surface area contributed by atoms with Crippen LogP contribution in [0.5, 0.6) is 0 Å². The second kappa shape index (κ2) is 6.01. The largest absolute Gasteiger partial charge is 0.351 e. The van der Waals surface area contributed by atoms with Gasteiger partial charge >= 0.3 is 0 Å². The van der Waals surface area contributed by atoms with E-state index in [0.29, 0.717) is 6.04 Å². The van der Waals surface area contributed by atoms with E-state index in [4.69, 9.17) is 5.73 Å². The molecule has 1 unspecified atom stereocenters. The second-order valence-corrected chi connectivity index (χ2v) is 6.86. The van der Waals surface area contributed by atoms with Crippen LogP contribution in [0.3, 0.4) is 0 Å². The molecule has 4 bridgehead atoms. The van der Waals surface area contributed by atoms with Gasteiger partial charge in [0.05, 0.1) is 6.04 Å². The van der Waals surface area contributed by atoms with Crippen molar-refractivity contribution in [2.75, 3.05) is 0 Å². The molecule has 0 radical (unpaired) electrons. The first-order chi connectivity index (χ1) is 8.67. The molecule has 0 heterocycles. The Morgan fingerprint density at radius 2 is 1.68 bits per heavy atom. The lowest BCUT2D eigenvalue weighted by Gasteiger charge is -2.54. The van der Waals surface area contributed by atoms with Gasteiger partial charge < -0.3 is 11.1 Å². The molecule has 3 N–H and O–H groups in total. The van der Waals surface area contributed by atoms with E-state index >= 15 is 0 Å². The molecule has 0 saturated heterocycles. The molecule has 0 aromatic rings. The van der Waals surface area contributed by atoms with Crippen molar-refractivity contribution in [2.45, 2.75) is 64.0 Å². The Morgan fingerprint density at radius 1 is 1.16 bits per heavy atom. The summed E-state index contributed by atoms with van der Waals surface area (Å²) in [5.74, 6) is 3.52. The van der Waals surface area contributed by atoms with Gasteiger partial charge in [-0.05, 0) is 62.2 Å². The van der Waals surface area contributed by atoms with Crippen LogP contribution in [-0.2, 0) is 4.79 Å². The molecule has 0 aromatic heterocycles. The third-order valence-electron chi connectivity index (χ3n) is 5.47. The van der Waals surface area contributed by atoms with Crippen molar-refractivity contribution in [1.82, 2.24) is 5.32 Å². The zero-order valence-corrected chi connectivity index (χ0v) is 12.6. The summed E-state index contributed by atoms with van der Waals surface area (Å²) in [7, 11) is 0. The van der Waals surface area contributed by atoms with E-state index in [9.17, 15) is 4.79 Å². The van der Waals surface area contributed by atoms with E-state index in [0.717, 1.165) is 36.5 Å². The number of nitrogens with one attached hydrogen (secondary N) is 1. The van der Waals surface area contributed by atoms with Crippen molar-refractivity contribution >= 4 is 18.3 Å². The number of carbonyl (C=O) groups excluding carboxylic acids is 1. The zero-order chi connectivity index (χ0) is 12.7. The predicted molar refractivity (Wildman–Crippen MR) is 79.1 cm³/mol. The Hall–Kier alpha value is -0.280. The lowest BCUT2D eigenvalue weighted by molar-refractivity contribution is -0.126. The molecule has 0 aromatic carbocycles. The van der Waals surface area contributed by atoms with E-state index in [2.05, 4.69) is 12.2 Å². The maximum absolute atomic E-state index is 12.1. The molecule has 1 atom stereocenters. The van der Waals surface area contributed by atoms with Crippen molar-refractivity contribution in [3.05, 3.63) is 0 Å². The minimum Gasteiger partial charge on any atom is -0.351 e. The van der Waals surface area contributed by atoms with E-state index in [1.54, 1.807) is 0 Å². The maximum Gasteiger partial charge on any atom is 0.237 e. The first-order valence-corrected chi connectivity index (χ1v) is 7.73. The van der Waals surface area contributed by atoms with Gasteiger partial charge in [-0.2, -0.15) is 0 Å². The molecule has 19 heavy (non-hydrogen) atoms. The molecule has 4 heteroatoms. The summed E-state index contributed by atoms with van der Waals surface area (Å²) in [5.41, 5.74) is 5.92. The van der Waals surface area contributed by atoms with Gasteiger partial charge in [0.1, 0.15) is 0 Å². The van der Waals surface area contributed by atoms with Gasteiger partial charge in [0, 0.05) is 6.04 Å². The molecule has 4 aliphatic carbocycles. The SMILES string of the molecule is CCCC(N)C(=O)NC1C2CC3CC(C2)CC1C3.Cl. The van der Waals surface area contributed by atoms with Crippen LogP contribution < -0.4 is 11.1 Å². The third-order valence-corrected chi connectivity index (χ3v) is 5.47. The minimum absolute atomic E-state index is 0. The number of rotatable bonds is 4. The molecule has 0 aliphatic heterocycles. The second-order valence-electron chi connectivity index (χ2n) is 6.86. The maximum atomic E-state index is 12.1. The Labute approximate surface area is 122 Å². The molecule has 3 nitrogen and oxygen atoms in total. The normalized spacial score (nSPS) is 40.6. The van der Waals surface area contributed by atoms with Crippen LogP contribution in [0, 0.1) is 23.7 Å². The van der Waals surface area contributed by atoms with Crippen LogP contribution in [0.2, 0.25) is 0 Å². The average Bonchev–Trinajstić information content (AvgIpc) is 2.33. The van der Waals surface area contributed by atoms with E-state index < -0.39 is 0 Å². The number of hydrogen-bond donors (Lipinski definition) is 2. The minimum atomic E-state index is -0.299. The highest BCUT2D eigenvalue weighted by molar-refractivity contribution is 5.85. The molecular formula is C15H27ClN2O. The molecule has 1 amide bonds. The number of hydrogen-bond acceptors (Lipinski definition) is 2. The summed E-state index contributed by atoms with van der Waals surface area (Å²) in [5, 5.41) is 3.28. The van der Waals surface area contributed by atoms with Gasteiger partial charge in [-0.3, -0.25) is 4.79 Å². The zero-order valence-electron chi connectivity index (χ0n) is 11.8. The molecule has 4 aliphatic rings. The highest BCUT2D eigenvalue weighted by Gasteiger charge is 2.48.